The molecule has 0 fully saturated rings. The monoisotopic (exact) mass is 359 g/mol. The van der Waals surface area contributed by atoms with Crippen molar-refractivity contribution in [3.63, 3.8) is 0 Å². The van der Waals surface area contributed by atoms with E-state index in [2.05, 4.69) is 25.9 Å². The first kappa shape index (κ1) is 18.7. The van der Waals surface area contributed by atoms with Gasteiger partial charge in [-0.15, -0.1) is 0 Å². The SMILES string of the molecule is CN=C(NCCc1ccc(Cl)nc1)NCc1cccc(C(=O)NC)c1. The Balaban J connectivity index is 1.82. The lowest BCUT2D eigenvalue weighted by Crippen LogP contribution is -2.37. The molecular formula is C18H22ClN5O. The van der Waals surface area contributed by atoms with Crippen LogP contribution in [0, 0.1) is 0 Å². The summed E-state index contributed by atoms with van der Waals surface area (Å²) >= 11 is 5.78. The van der Waals surface area contributed by atoms with Crippen LogP contribution in [0.15, 0.2) is 47.6 Å². The maximum atomic E-state index is 11.7. The highest BCUT2D eigenvalue weighted by Crippen LogP contribution is 2.06. The Hall–Kier alpha value is -2.60. The molecule has 0 bridgehead atoms. The summed E-state index contributed by atoms with van der Waals surface area (Å²) in [6.07, 6.45) is 2.58. The van der Waals surface area contributed by atoms with Crippen molar-refractivity contribution in [2.24, 2.45) is 4.99 Å². The number of aliphatic imine (C=N–C) groups is 1. The third-order valence-corrected chi connectivity index (χ3v) is 3.82. The Morgan fingerprint density at radius 1 is 1.20 bits per heavy atom. The van der Waals surface area contributed by atoms with Gasteiger partial charge < -0.3 is 16.0 Å². The predicted molar refractivity (Wildman–Crippen MR) is 101 cm³/mol. The zero-order chi connectivity index (χ0) is 18.1. The van der Waals surface area contributed by atoms with Crippen LogP contribution in [0.5, 0.6) is 0 Å². The molecule has 7 heteroatoms. The number of benzene rings is 1. The zero-order valence-electron chi connectivity index (χ0n) is 14.3. The van der Waals surface area contributed by atoms with Gasteiger partial charge in [0.05, 0.1) is 0 Å². The Morgan fingerprint density at radius 2 is 2.04 bits per heavy atom. The van der Waals surface area contributed by atoms with Crippen LogP contribution in [0.4, 0.5) is 0 Å². The number of nitrogens with zero attached hydrogens (tertiary/aromatic N) is 2. The molecule has 0 aliphatic carbocycles. The van der Waals surface area contributed by atoms with Gasteiger partial charge in [0.2, 0.25) is 0 Å². The second-order valence-electron chi connectivity index (χ2n) is 5.37. The van der Waals surface area contributed by atoms with Gasteiger partial charge in [-0.3, -0.25) is 9.79 Å². The summed E-state index contributed by atoms with van der Waals surface area (Å²) in [5, 5.41) is 9.60. The summed E-state index contributed by atoms with van der Waals surface area (Å²) in [7, 11) is 3.34. The van der Waals surface area contributed by atoms with E-state index in [4.69, 9.17) is 11.6 Å². The van der Waals surface area contributed by atoms with Crippen LogP contribution in [0.2, 0.25) is 5.15 Å². The Kier molecular flexibility index (Phi) is 7.22. The first-order valence-electron chi connectivity index (χ1n) is 7.98. The van der Waals surface area contributed by atoms with E-state index in [0.29, 0.717) is 23.2 Å². The molecule has 0 unspecified atom stereocenters. The van der Waals surface area contributed by atoms with Crippen LogP contribution in [0.25, 0.3) is 0 Å². The van der Waals surface area contributed by atoms with Crippen molar-refractivity contribution in [2.45, 2.75) is 13.0 Å². The molecule has 25 heavy (non-hydrogen) atoms. The normalized spacial score (nSPS) is 11.1. The lowest BCUT2D eigenvalue weighted by molar-refractivity contribution is 0.0963. The van der Waals surface area contributed by atoms with Gasteiger partial charge >= 0.3 is 0 Å². The molecule has 0 saturated carbocycles. The third-order valence-electron chi connectivity index (χ3n) is 3.59. The van der Waals surface area contributed by atoms with Gasteiger partial charge in [0, 0.05) is 38.9 Å². The van der Waals surface area contributed by atoms with E-state index in [9.17, 15) is 4.79 Å². The highest BCUT2D eigenvalue weighted by molar-refractivity contribution is 6.29. The molecule has 0 spiro atoms. The minimum absolute atomic E-state index is 0.0964. The number of halogens is 1. The minimum atomic E-state index is -0.0964. The van der Waals surface area contributed by atoms with E-state index in [1.54, 1.807) is 32.4 Å². The van der Waals surface area contributed by atoms with Crippen molar-refractivity contribution in [1.29, 1.82) is 0 Å². The van der Waals surface area contributed by atoms with Crippen molar-refractivity contribution in [3.8, 4) is 0 Å². The van der Waals surface area contributed by atoms with Crippen LogP contribution in [0.1, 0.15) is 21.5 Å². The summed E-state index contributed by atoms with van der Waals surface area (Å²) in [4.78, 5) is 19.9. The third kappa shape index (κ3) is 6.08. The maximum absolute atomic E-state index is 11.7. The van der Waals surface area contributed by atoms with E-state index in [-0.39, 0.29) is 5.91 Å². The van der Waals surface area contributed by atoms with Gasteiger partial charge in [0.15, 0.2) is 5.96 Å². The van der Waals surface area contributed by atoms with Gasteiger partial charge in [0.1, 0.15) is 5.15 Å². The molecule has 1 amide bonds. The average molecular weight is 360 g/mol. The summed E-state index contributed by atoms with van der Waals surface area (Å²) in [5.74, 6) is 0.605. The molecule has 6 nitrogen and oxygen atoms in total. The second-order valence-corrected chi connectivity index (χ2v) is 5.76. The van der Waals surface area contributed by atoms with E-state index < -0.39 is 0 Å². The lowest BCUT2D eigenvalue weighted by atomic mass is 10.1. The van der Waals surface area contributed by atoms with Gasteiger partial charge in [-0.2, -0.15) is 0 Å². The van der Waals surface area contributed by atoms with E-state index >= 15 is 0 Å². The van der Waals surface area contributed by atoms with Crippen molar-refractivity contribution in [2.75, 3.05) is 20.6 Å². The number of hydrogen-bond donors (Lipinski definition) is 3. The highest BCUT2D eigenvalue weighted by atomic mass is 35.5. The van der Waals surface area contributed by atoms with E-state index in [0.717, 1.165) is 24.1 Å². The minimum Gasteiger partial charge on any atom is -0.356 e. The number of nitrogens with one attached hydrogen (secondary N) is 3. The molecule has 132 valence electrons. The number of aromatic nitrogens is 1. The highest BCUT2D eigenvalue weighted by Gasteiger charge is 2.04. The number of hydrogen-bond acceptors (Lipinski definition) is 3. The largest absolute Gasteiger partial charge is 0.356 e. The van der Waals surface area contributed by atoms with Gasteiger partial charge in [-0.1, -0.05) is 29.8 Å². The number of carbonyl (C=O) groups is 1. The quantitative estimate of drug-likeness (QED) is 0.419. The van der Waals surface area contributed by atoms with Crippen molar-refractivity contribution >= 4 is 23.5 Å². The first-order chi connectivity index (χ1) is 12.1. The number of rotatable bonds is 6. The fraction of sp³-hybridized carbons (Fsp3) is 0.278. The van der Waals surface area contributed by atoms with Crippen LogP contribution in [-0.4, -0.2) is 37.5 Å². The lowest BCUT2D eigenvalue weighted by Gasteiger charge is -2.12. The standard InChI is InChI=1S/C18H22ClN5O/c1-20-17(25)15-5-3-4-14(10-15)12-24-18(21-2)22-9-8-13-6-7-16(19)23-11-13/h3-7,10-11H,8-9,12H2,1-2H3,(H,20,25)(H2,21,22,24). The van der Waals surface area contributed by atoms with Crippen LogP contribution in [0.3, 0.4) is 0 Å². The summed E-state index contributed by atoms with van der Waals surface area (Å²) in [6.45, 7) is 1.30. The number of carbonyl (C=O) groups excluding carboxylic acids is 1. The van der Waals surface area contributed by atoms with Gasteiger partial charge in [-0.25, -0.2) is 4.98 Å². The Morgan fingerprint density at radius 3 is 2.72 bits per heavy atom. The molecule has 1 aromatic heterocycles. The fourth-order valence-corrected chi connectivity index (χ4v) is 2.36. The molecule has 1 heterocycles. The Bertz CT molecular complexity index is 731. The summed E-state index contributed by atoms with van der Waals surface area (Å²) in [6, 6.07) is 11.2. The molecule has 3 N–H and O–H groups in total. The Labute approximate surface area is 152 Å². The predicted octanol–water partition coefficient (Wildman–Crippen LogP) is 2.00. The molecule has 0 saturated heterocycles. The number of pyridine rings is 1. The maximum Gasteiger partial charge on any atom is 0.251 e. The molecule has 1 aromatic carbocycles. The molecular weight excluding hydrogens is 338 g/mol. The van der Waals surface area contributed by atoms with E-state index in [1.807, 2.05) is 24.3 Å². The smallest absolute Gasteiger partial charge is 0.251 e. The molecule has 0 aliphatic rings. The fourth-order valence-electron chi connectivity index (χ4n) is 2.25. The van der Waals surface area contributed by atoms with Crippen molar-refractivity contribution in [1.82, 2.24) is 20.9 Å². The molecule has 2 aromatic rings. The van der Waals surface area contributed by atoms with Crippen LogP contribution >= 0.6 is 11.6 Å². The van der Waals surface area contributed by atoms with Crippen LogP contribution in [-0.2, 0) is 13.0 Å². The number of amides is 1. The average Bonchev–Trinajstić information content (AvgIpc) is 2.65. The summed E-state index contributed by atoms with van der Waals surface area (Å²) < 4.78 is 0. The van der Waals surface area contributed by atoms with Crippen molar-refractivity contribution < 1.29 is 4.79 Å². The molecule has 0 aliphatic heterocycles. The topological polar surface area (TPSA) is 78.4 Å². The molecule has 0 atom stereocenters. The molecule has 2 rings (SSSR count). The second kappa shape index (κ2) is 9.64. The van der Waals surface area contributed by atoms with Gasteiger partial charge in [-0.05, 0) is 35.7 Å². The first-order valence-corrected chi connectivity index (χ1v) is 8.36. The summed E-state index contributed by atoms with van der Waals surface area (Å²) in [5.41, 5.74) is 2.75. The molecule has 0 radical (unpaired) electrons. The van der Waals surface area contributed by atoms with Gasteiger partial charge in [0.25, 0.3) is 5.91 Å². The zero-order valence-corrected chi connectivity index (χ0v) is 15.1. The van der Waals surface area contributed by atoms with Crippen LogP contribution < -0.4 is 16.0 Å². The van der Waals surface area contributed by atoms with E-state index in [1.165, 1.54) is 0 Å². The number of guanidine groups is 1. The van der Waals surface area contributed by atoms with Crippen molar-refractivity contribution in [3.05, 3.63) is 64.4 Å².